The third-order valence-electron chi connectivity index (χ3n) is 6.27. The normalized spacial score (nSPS) is 17.5. The minimum Gasteiger partial charge on any atom is -0.395 e. The monoisotopic (exact) mass is 400 g/mol. The molecule has 154 valence electrons. The molecule has 2 aliphatic rings. The summed E-state index contributed by atoms with van der Waals surface area (Å²) >= 11 is 0. The van der Waals surface area contributed by atoms with Crippen molar-refractivity contribution in [2.75, 3.05) is 29.9 Å². The fourth-order valence-corrected chi connectivity index (χ4v) is 4.83. The van der Waals surface area contributed by atoms with E-state index in [-0.39, 0.29) is 12.6 Å². The maximum Gasteiger partial charge on any atom is 0.130 e. The Morgan fingerprint density at radius 2 is 1.97 bits per heavy atom. The van der Waals surface area contributed by atoms with Gasteiger partial charge >= 0.3 is 0 Å². The lowest BCUT2D eigenvalue weighted by molar-refractivity contribution is 0.303. The zero-order valence-corrected chi connectivity index (χ0v) is 17.4. The molecule has 0 unspecified atom stereocenters. The fourth-order valence-electron chi connectivity index (χ4n) is 4.83. The van der Waals surface area contributed by atoms with Crippen molar-refractivity contribution in [3.05, 3.63) is 71.0 Å². The van der Waals surface area contributed by atoms with Crippen molar-refractivity contribution in [1.29, 1.82) is 0 Å². The molecular weight excluding hydrogens is 372 g/mol. The molecule has 0 fully saturated rings. The van der Waals surface area contributed by atoms with Gasteiger partial charge in [-0.05, 0) is 55.4 Å². The number of benzene rings is 2. The molecule has 1 atom stereocenters. The Balaban J connectivity index is 1.45. The van der Waals surface area contributed by atoms with Gasteiger partial charge < -0.3 is 15.3 Å². The minimum absolute atomic E-state index is 0.174. The third kappa shape index (κ3) is 3.65. The number of nitrogens with zero attached hydrogens (tertiary/aromatic N) is 3. The molecule has 0 bridgehead atoms. The van der Waals surface area contributed by atoms with E-state index in [1.54, 1.807) is 0 Å². The lowest BCUT2D eigenvalue weighted by atomic mass is 9.88. The van der Waals surface area contributed by atoms with Crippen molar-refractivity contribution in [2.24, 2.45) is 0 Å². The number of hydrogen-bond donors (Lipinski definition) is 2. The molecule has 2 aromatic carbocycles. The molecule has 0 radical (unpaired) electrons. The standard InChI is InChI=1S/C25H28N4O/c1-17-26-23(20-10-9-19-11-12-29(13-14-30)24(19)15-20)16-25(27-17)28-22-8-4-6-18-5-2-3-7-21(18)22/h2-3,5,7,9-10,15-16,22,30H,4,6,8,11-14H2,1H3,(H,26,27,28)/t22-/m1/s1. The molecule has 1 aliphatic carbocycles. The lowest BCUT2D eigenvalue weighted by Crippen LogP contribution is -2.24. The molecule has 1 aliphatic heterocycles. The fraction of sp³-hybridized carbons (Fsp3) is 0.360. The van der Waals surface area contributed by atoms with Gasteiger partial charge in [0.1, 0.15) is 11.6 Å². The molecule has 5 heteroatoms. The van der Waals surface area contributed by atoms with Crippen molar-refractivity contribution in [1.82, 2.24) is 9.97 Å². The van der Waals surface area contributed by atoms with E-state index in [4.69, 9.17) is 4.98 Å². The topological polar surface area (TPSA) is 61.3 Å². The number of β-amino-alcohol motifs (C(OH)–C–C–N with tert-alkyl or cyclic N) is 1. The van der Waals surface area contributed by atoms with E-state index in [1.165, 1.54) is 28.8 Å². The molecule has 2 N–H and O–H groups in total. The number of fused-ring (bicyclic) bond motifs is 2. The third-order valence-corrected chi connectivity index (χ3v) is 6.27. The molecule has 1 aromatic heterocycles. The van der Waals surface area contributed by atoms with Crippen molar-refractivity contribution in [3.63, 3.8) is 0 Å². The van der Waals surface area contributed by atoms with Gasteiger partial charge in [0.05, 0.1) is 18.3 Å². The highest BCUT2D eigenvalue weighted by Gasteiger charge is 2.22. The number of aliphatic hydroxyl groups is 1. The van der Waals surface area contributed by atoms with Crippen molar-refractivity contribution >= 4 is 11.5 Å². The van der Waals surface area contributed by atoms with Gasteiger partial charge in [0.15, 0.2) is 0 Å². The Labute approximate surface area is 177 Å². The average Bonchev–Trinajstić information content (AvgIpc) is 3.16. The van der Waals surface area contributed by atoms with Crippen molar-refractivity contribution in [3.8, 4) is 11.3 Å². The summed E-state index contributed by atoms with van der Waals surface area (Å²) in [7, 11) is 0. The number of nitrogens with one attached hydrogen (secondary N) is 1. The number of aryl methyl sites for hydroxylation is 2. The summed E-state index contributed by atoms with van der Waals surface area (Å²) in [4.78, 5) is 11.7. The van der Waals surface area contributed by atoms with E-state index in [0.29, 0.717) is 6.54 Å². The van der Waals surface area contributed by atoms with Crippen LogP contribution in [0.4, 0.5) is 11.5 Å². The van der Waals surface area contributed by atoms with Crippen LogP contribution in [-0.4, -0.2) is 34.8 Å². The second-order valence-corrected chi connectivity index (χ2v) is 8.28. The molecule has 5 nitrogen and oxygen atoms in total. The second-order valence-electron chi connectivity index (χ2n) is 8.28. The van der Waals surface area contributed by atoms with Crippen LogP contribution in [0.2, 0.25) is 0 Å². The van der Waals surface area contributed by atoms with E-state index < -0.39 is 0 Å². The SMILES string of the molecule is Cc1nc(N[C@@H]2CCCc3ccccc32)cc(-c2ccc3c(c2)N(CCO)CC3)n1. The zero-order valence-electron chi connectivity index (χ0n) is 17.4. The molecule has 0 amide bonds. The maximum atomic E-state index is 9.37. The highest BCUT2D eigenvalue weighted by molar-refractivity contribution is 5.71. The van der Waals surface area contributed by atoms with Crippen molar-refractivity contribution < 1.29 is 5.11 Å². The van der Waals surface area contributed by atoms with Crippen LogP contribution < -0.4 is 10.2 Å². The molecule has 0 spiro atoms. The summed E-state index contributed by atoms with van der Waals surface area (Å²) in [6.07, 6.45) is 4.50. The van der Waals surface area contributed by atoms with Gasteiger partial charge in [-0.25, -0.2) is 9.97 Å². The maximum absolute atomic E-state index is 9.37. The van der Waals surface area contributed by atoms with Crippen LogP contribution in [-0.2, 0) is 12.8 Å². The summed E-state index contributed by atoms with van der Waals surface area (Å²) in [5.74, 6) is 1.65. The first kappa shape index (κ1) is 19.1. The van der Waals surface area contributed by atoms with E-state index >= 15 is 0 Å². The van der Waals surface area contributed by atoms with Crippen LogP contribution in [0.15, 0.2) is 48.5 Å². The Kier molecular flexibility index (Phi) is 5.13. The Morgan fingerprint density at radius 3 is 2.87 bits per heavy atom. The predicted molar refractivity (Wildman–Crippen MR) is 121 cm³/mol. The molecular formula is C25H28N4O. The highest BCUT2D eigenvalue weighted by atomic mass is 16.3. The van der Waals surface area contributed by atoms with Gasteiger partial charge in [-0.3, -0.25) is 0 Å². The lowest BCUT2D eigenvalue weighted by Gasteiger charge is -2.27. The van der Waals surface area contributed by atoms with Gasteiger partial charge in [0.2, 0.25) is 0 Å². The molecule has 2 heterocycles. The van der Waals surface area contributed by atoms with E-state index in [1.807, 2.05) is 6.92 Å². The van der Waals surface area contributed by atoms with E-state index in [0.717, 1.165) is 48.7 Å². The number of rotatable bonds is 5. The van der Waals surface area contributed by atoms with Gasteiger partial charge in [0.25, 0.3) is 0 Å². The summed E-state index contributed by atoms with van der Waals surface area (Å²) in [6.45, 7) is 3.77. The number of aromatic nitrogens is 2. The number of aliphatic hydroxyl groups excluding tert-OH is 1. The minimum atomic E-state index is 0.174. The van der Waals surface area contributed by atoms with Crippen molar-refractivity contribution in [2.45, 2.75) is 38.6 Å². The van der Waals surface area contributed by atoms with Gasteiger partial charge in [-0.1, -0.05) is 36.4 Å². The predicted octanol–water partition coefficient (Wildman–Crippen LogP) is 4.30. The van der Waals surface area contributed by atoms with Gasteiger partial charge in [-0.15, -0.1) is 0 Å². The first-order valence-corrected chi connectivity index (χ1v) is 10.9. The number of hydrogen-bond acceptors (Lipinski definition) is 5. The summed E-state index contributed by atoms with van der Waals surface area (Å²) in [5, 5.41) is 13.0. The molecule has 30 heavy (non-hydrogen) atoms. The quantitative estimate of drug-likeness (QED) is 0.669. The van der Waals surface area contributed by atoms with Crippen LogP contribution in [0, 0.1) is 6.92 Å². The largest absolute Gasteiger partial charge is 0.395 e. The number of anilines is 2. The molecule has 0 saturated heterocycles. The second kappa shape index (κ2) is 8.07. The van der Waals surface area contributed by atoms with Crippen LogP contribution in [0.1, 0.15) is 41.4 Å². The van der Waals surface area contributed by atoms with Crippen LogP contribution in [0.3, 0.4) is 0 Å². The van der Waals surface area contributed by atoms with E-state index in [9.17, 15) is 5.11 Å². The van der Waals surface area contributed by atoms with Crippen LogP contribution in [0.25, 0.3) is 11.3 Å². The van der Waals surface area contributed by atoms with Crippen LogP contribution >= 0.6 is 0 Å². The Morgan fingerprint density at radius 1 is 1.07 bits per heavy atom. The smallest absolute Gasteiger partial charge is 0.130 e. The van der Waals surface area contributed by atoms with Crippen LogP contribution in [0.5, 0.6) is 0 Å². The molecule has 5 rings (SSSR count). The first-order valence-electron chi connectivity index (χ1n) is 10.9. The summed E-state index contributed by atoms with van der Waals surface area (Å²) < 4.78 is 0. The zero-order chi connectivity index (χ0) is 20.5. The van der Waals surface area contributed by atoms with Gasteiger partial charge in [-0.2, -0.15) is 0 Å². The Bertz CT molecular complexity index is 1060. The molecule has 3 aromatic rings. The molecule has 0 saturated carbocycles. The average molecular weight is 401 g/mol. The highest BCUT2D eigenvalue weighted by Crippen LogP contribution is 2.34. The summed E-state index contributed by atoms with van der Waals surface area (Å²) in [6, 6.07) is 17.6. The van der Waals surface area contributed by atoms with E-state index in [2.05, 4.69) is 63.7 Å². The van der Waals surface area contributed by atoms with Gasteiger partial charge in [0, 0.05) is 30.4 Å². The first-order chi connectivity index (χ1) is 14.7. The summed E-state index contributed by atoms with van der Waals surface area (Å²) in [5.41, 5.74) is 7.42. The Hall–Kier alpha value is -2.92.